The molecule has 0 radical (unpaired) electrons. The molecule has 2 unspecified atom stereocenters. The SMILES string of the molecule is COCC(O)CC1CCCCCC1=O. The third-order valence-electron chi connectivity index (χ3n) is 2.85. The molecule has 1 aliphatic carbocycles. The summed E-state index contributed by atoms with van der Waals surface area (Å²) in [6, 6.07) is 0. The number of hydrogen-bond acceptors (Lipinski definition) is 3. The number of aliphatic hydroxyl groups is 1. The van der Waals surface area contributed by atoms with Crippen LogP contribution in [0.3, 0.4) is 0 Å². The maximum absolute atomic E-state index is 11.6. The number of aliphatic hydroxyl groups excluding tert-OH is 1. The highest BCUT2D eigenvalue weighted by molar-refractivity contribution is 5.81. The summed E-state index contributed by atoms with van der Waals surface area (Å²) in [6.07, 6.45) is 5.04. The summed E-state index contributed by atoms with van der Waals surface area (Å²) in [6.45, 7) is 0.337. The molecule has 0 saturated heterocycles. The highest BCUT2D eigenvalue weighted by Gasteiger charge is 2.23. The number of methoxy groups -OCH3 is 1. The zero-order chi connectivity index (χ0) is 10.4. The Morgan fingerprint density at radius 3 is 3.00 bits per heavy atom. The van der Waals surface area contributed by atoms with Crippen molar-refractivity contribution in [3.8, 4) is 0 Å². The smallest absolute Gasteiger partial charge is 0.136 e. The van der Waals surface area contributed by atoms with Crippen molar-refractivity contribution in [2.45, 2.75) is 44.6 Å². The van der Waals surface area contributed by atoms with Gasteiger partial charge in [0.25, 0.3) is 0 Å². The molecule has 0 aromatic heterocycles. The van der Waals surface area contributed by atoms with Crippen molar-refractivity contribution in [1.82, 2.24) is 0 Å². The first-order valence-corrected chi connectivity index (χ1v) is 5.43. The molecule has 0 heterocycles. The highest BCUT2D eigenvalue weighted by atomic mass is 16.5. The molecule has 0 aromatic rings. The number of rotatable bonds is 4. The van der Waals surface area contributed by atoms with Crippen LogP contribution in [0.25, 0.3) is 0 Å². The number of hydrogen-bond donors (Lipinski definition) is 1. The largest absolute Gasteiger partial charge is 0.391 e. The van der Waals surface area contributed by atoms with Crippen molar-refractivity contribution in [3.63, 3.8) is 0 Å². The van der Waals surface area contributed by atoms with Gasteiger partial charge >= 0.3 is 0 Å². The standard InChI is InChI=1S/C11H20O3/c1-14-8-10(12)7-9-5-3-2-4-6-11(9)13/h9-10,12H,2-8H2,1H3. The lowest BCUT2D eigenvalue weighted by molar-refractivity contribution is -0.124. The molecule has 1 aliphatic rings. The Balaban J connectivity index is 2.36. The van der Waals surface area contributed by atoms with E-state index in [0.29, 0.717) is 25.2 Å². The molecule has 0 bridgehead atoms. The van der Waals surface area contributed by atoms with Crippen molar-refractivity contribution >= 4 is 5.78 Å². The average Bonchev–Trinajstić information content (AvgIpc) is 2.33. The quantitative estimate of drug-likeness (QED) is 0.700. The Hall–Kier alpha value is -0.410. The lowest BCUT2D eigenvalue weighted by atomic mass is 9.93. The number of ether oxygens (including phenoxy) is 1. The van der Waals surface area contributed by atoms with Gasteiger partial charge in [-0.3, -0.25) is 4.79 Å². The van der Waals surface area contributed by atoms with Gasteiger partial charge in [-0.15, -0.1) is 0 Å². The molecule has 1 fully saturated rings. The van der Waals surface area contributed by atoms with E-state index in [9.17, 15) is 9.90 Å². The summed E-state index contributed by atoms with van der Waals surface area (Å²) in [7, 11) is 1.57. The van der Waals surface area contributed by atoms with E-state index in [4.69, 9.17) is 4.74 Å². The fraction of sp³-hybridized carbons (Fsp3) is 0.909. The summed E-state index contributed by atoms with van der Waals surface area (Å²) < 4.78 is 4.85. The normalized spacial score (nSPS) is 25.9. The summed E-state index contributed by atoms with van der Waals surface area (Å²) in [4.78, 5) is 11.6. The van der Waals surface area contributed by atoms with Crippen molar-refractivity contribution in [1.29, 1.82) is 0 Å². The molecule has 0 spiro atoms. The summed E-state index contributed by atoms with van der Waals surface area (Å²) in [5.74, 6) is 0.403. The minimum absolute atomic E-state index is 0.0719. The zero-order valence-electron chi connectivity index (χ0n) is 8.87. The van der Waals surface area contributed by atoms with E-state index in [2.05, 4.69) is 0 Å². The molecule has 0 aliphatic heterocycles. The third kappa shape index (κ3) is 3.76. The Morgan fingerprint density at radius 2 is 2.29 bits per heavy atom. The third-order valence-corrected chi connectivity index (χ3v) is 2.85. The first-order valence-electron chi connectivity index (χ1n) is 5.43. The Morgan fingerprint density at radius 1 is 1.50 bits per heavy atom. The molecule has 3 heteroatoms. The van der Waals surface area contributed by atoms with Gasteiger partial charge in [0.15, 0.2) is 0 Å². The van der Waals surface area contributed by atoms with Gasteiger partial charge in [-0.1, -0.05) is 12.8 Å². The maximum Gasteiger partial charge on any atom is 0.136 e. The van der Waals surface area contributed by atoms with Crippen LogP contribution in [0.5, 0.6) is 0 Å². The van der Waals surface area contributed by atoms with Crippen LogP contribution in [0.1, 0.15) is 38.5 Å². The fourth-order valence-electron chi connectivity index (χ4n) is 2.07. The van der Waals surface area contributed by atoms with Crippen molar-refractivity contribution in [2.24, 2.45) is 5.92 Å². The molecule has 0 aromatic carbocycles. The van der Waals surface area contributed by atoms with E-state index < -0.39 is 6.10 Å². The number of Topliss-reactive ketones (excluding diaryl/α,β-unsaturated/α-hetero) is 1. The summed E-state index contributed by atoms with van der Waals surface area (Å²) in [5.41, 5.74) is 0. The Labute approximate surface area is 85.5 Å². The Kier molecular flexibility index (Phi) is 5.12. The lowest BCUT2D eigenvalue weighted by Crippen LogP contribution is -2.23. The highest BCUT2D eigenvalue weighted by Crippen LogP contribution is 2.23. The molecule has 1 rings (SSSR count). The molecule has 1 N–H and O–H groups in total. The maximum atomic E-state index is 11.6. The van der Waals surface area contributed by atoms with E-state index in [0.717, 1.165) is 25.7 Å². The van der Waals surface area contributed by atoms with E-state index in [-0.39, 0.29) is 5.92 Å². The first kappa shape index (κ1) is 11.7. The minimum atomic E-state index is -0.480. The molecule has 2 atom stereocenters. The number of carbonyl (C=O) groups is 1. The van der Waals surface area contributed by atoms with Crippen LogP contribution < -0.4 is 0 Å². The van der Waals surface area contributed by atoms with Crippen LogP contribution in [0.15, 0.2) is 0 Å². The van der Waals surface area contributed by atoms with Gasteiger partial charge in [-0.05, 0) is 19.3 Å². The topological polar surface area (TPSA) is 46.5 Å². The van der Waals surface area contributed by atoms with Crippen LogP contribution in [-0.2, 0) is 9.53 Å². The predicted octanol–water partition coefficient (Wildman–Crippen LogP) is 1.53. The molecule has 1 saturated carbocycles. The van der Waals surface area contributed by atoms with Gasteiger partial charge in [-0.25, -0.2) is 0 Å². The second kappa shape index (κ2) is 6.14. The van der Waals surface area contributed by atoms with Gasteiger partial charge in [0.05, 0.1) is 12.7 Å². The zero-order valence-corrected chi connectivity index (χ0v) is 8.87. The lowest BCUT2D eigenvalue weighted by Gasteiger charge is -2.16. The predicted molar refractivity (Wildman–Crippen MR) is 54.1 cm³/mol. The fourth-order valence-corrected chi connectivity index (χ4v) is 2.07. The van der Waals surface area contributed by atoms with Gasteiger partial charge in [0, 0.05) is 19.4 Å². The van der Waals surface area contributed by atoms with Crippen LogP contribution in [0, 0.1) is 5.92 Å². The van der Waals surface area contributed by atoms with Gasteiger partial charge in [0.2, 0.25) is 0 Å². The van der Waals surface area contributed by atoms with E-state index in [1.165, 1.54) is 0 Å². The molecule has 3 nitrogen and oxygen atoms in total. The number of ketones is 1. The van der Waals surface area contributed by atoms with Crippen LogP contribution in [-0.4, -0.2) is 30.7 Å². The Bertz CT molecular complexity index is 179. The second-order valence-corrected chi connectivity index (χ2v) is 4.11. The molecule has 0 amide bonds. The van der Waals surface area contributed by atoms with E-state index in [1.54, 1.807) is 7.11 Å². The van der Waals surface area contributed by atoms with Crippen molar-refractivity contribution in [2.75, 3.05) is 13.7 Å². The molecule has 14 heavy (non-hydrogen) atoms. The number of carbonyl (C=O) groups excluding carboxylic acids is 1. The van der Waals surface area contributed by atoms with Crippen molar-refractivity contribution in [3.05, 3.63) is 0 Å². The average molecular weight is 200 g/mol. The first-order chi connectivity index (χ1) is 6.74. The molecular weight excluding hydrogens is 180 g/mol. The second-order valence-electron chi connectivity index (χ2n) is 4.11. The van der Waals surface area contributed by atoms with Gasteiger partial charge in [0.1, 0.15) is 5.78 Å². The van der Waals surface area contributed by atoms with E-state index >= 15 is 0 Å². The van der Waals surface area contributed by atoms with Crippen LogP contribution in [0.4, 0.5) is 0 Å². The molecule has 82 valence electrons. The van der Waals surface area contributed by atoms with Gasteiger partial charge in [-0.2, -0.15) is 0 Å². The summed E-state index contributed by atoms with van der Waals surface area (Å²) in [5, 5.41) is 9.53. The van der Waals surface area contributed by atoms with Crippen molar-refractivity contribution < 1.29 is 14.6 Å². The van der Waals surface area contributed by atoms with Gasteiger partial charge < -0.3 is 9.84 Å². The molecular formula is C11H20O3. The summed E-state index contributed by atoms with van der Waals surface area (Å²) >= 11 is 0. The minimum Gasteiger partial charge on any atom is -0.391 e. The van der Waals surface area contributed by atoms with E-state index in [1.807, 2.05) is 0 Å². The monoisotopic (exact) mass is 200 g/mol. The van der Waals surface area contributed by atoms with Crippen LogP contribution in [0.2, 0.25) is 0 Å². The van der Waals surface area contributed by atoms with Crippen LogP contribution >= 0.6 is 0 Å².